The zero-order chi connectivity index (χ0) is 13.1. The van der Waals surface area contributed by atoms with Crippen molar-refractivity contribution < 1.29 is 17.6 Å². The van der Waals surface area contributed by atoms with E-state index in [1.807, 2.05) is 0 Å². The maximum atomic E-state index is 13.3. The summed E-state index contributed by atoms with van der Waals surface area (Å²) in [4.78, 5) is 0. The van der Waals surface area contributed by atoms with Gasteiger partial charge in [0.25, 0.3) is 0 Å². The lowest BCUT2D eigenvalue weighted by Gasteiger charge is -2.13. The first-order valence-electron chi connectivity index (χ1n) is 5.04. The third kappa shape index (κ3) is 5.37. The molecular weight excluding hydrogens is 258 g/mol. The molecule has 0 amide bonds. The molecule has 1 nitrogen and oxygen atoms in total. The molecule has 0 saturated carbocycles. The number of alkyl halides is 3. The van der Waals surface area contributed by atoms with Crippen molar-refractivity contribution in [2.75, 3.05) is 0 Å². The van der Waals surface area contributed by atoms with Crippen molar-refractivity contribution in [1.82, 2.24) is 0 Å². The molecule has 1 rings (SSSR count). The van der Waals surface area contributed by atoms with Crippen molar-refractivity contribution in [3.63, 3.8) is 0 Å². The van der Waals surface area contributed by atoms with Crippen LogP contribution in [0.15, 0.2) is 18.2 Å². The molecule has 1 aromatic rings. The quantitative estimate of drug-likeness (QED) is 0.829. The summed E-state index contributed by atoms with van der Waals surface area (Å²) in [7, 11) is 0. The normalized spacial score (nSPS) is 13.8. The molecule has 1 atom stereocenters. The lowest BCUT2D eigenvalue weighted by molar-refractivity contribution is -0.136. The van der Waals surface area contributed by atoms with Crippen LogP contribution < -0.4 is 5.73 Å². The van der Waals surface area contributed by atoms with Crippen molar-refractivity contribution in [2.24, 2.45) is 5.73 Å². The van der Waals surface area contributed by atoms with E-state index in [0.29, 0.717) is 5.02 Å². The highest BCUT2D eigenvalue weighted by Crippen LogP contribution is 2.23. The molecule has 0 aliphatic carbocycles. The molecule has 0 aliphatic heterocycles. The van der Waals surface area contributed by atoms with Crippen LogP contribution in [0.25, 0.3) is 0 Å². The third-order valence-electron chi connectivity index (χ3n) is 2.29. The van der Waals surface area contributed by atoms with Gasteiger partial charge in [-0.25, -0.2) is 4.39 Å². The minimum Gasteiger partial charge on any atom is -0.327 e. The Morgan fingerprint density at radius 1 is 1.29 bits per heavy atom. The number of hydrogen-bond donors (Lipinski definition) is 1. The van der Waals surface area contributed by atoms with Gasteiger partial charge >= 0.3 is 6.18 Å². The second kappa shape index (κ2) is 5.69. The summed E-state index contributed by atoms with van der Waals surface area (Å²) in [6.07, 6.45) is -5.38. The van der Waals surface area contributed by atoms with Gasteiger partial charge in [0.15, 0.2) is 0 Å². The molecule has 6 heteroatoms. The van der Waals surface area contributed by atoms with Gasteiger partial charge in [-0.05, 0) is 36.6 Å². The highest BCUT2D eigenvalue weighted by atomic mass is 35.5. The number of halogens is 5. The van der Waals surface area contributed by atoms with Crippen LogP contribution in [-0.2, 0) is 6.42 Å². The Labute approximate surface area is 102 Å². The molecule has 0 saturated heterocycles. The molecule has 1 unspecified atom stereocenters. The highest BCUT2D eigenvalue weighted by molar-refractivity contribution is 6.30. The monoisotopic (exact) mass is 269 g/mol. The van der Waals surface area contributed by atoms with E-state index >= 15 is 0 Å². The fourth-order valence-electron chi connectivity index (χ4n) is 1.43. The third-order valence-corrected chi connectivity index (χ3v) is 2.52. The fourth-order valence-corrected chi connectivity index (χ4v) is 1.63. The number of hydrogen-bond acceptors (Lipinski definition) is 1. The van der Waals surface area contributed by atoms with E-state index in [1.165, 1.54) is 18.2 Å². The largest absolute Gasteiger partial charge is 0.389 e. The van der Waals surface area contributed by atoms with Crippen molar-refractivity contribution >= 4 is 11.6 Å². The van der Waals surface area contributed by atoms with Crippen LogP contribution in [-0.4, -0.2) is 12.2 Å². The lowest BCUT2D eigenvalue weighted by atomic mass is 10.0. The maximum Gasteiger partial charge on any atom is 0.389 e. The first-order valence-corrected chi connectivity index (χ1v) is 5.42. The number of benzene rings is 1. The predicted octanol–water partition coefficient (Wildman–Crippen LogP) is 3.69. The molecule has 0 aromatic heterocycles. The second-order valence-corrected chi connectivity index (χ2v) is 4.29. The molecule has 0 aliphatic rings. The van der Waals surface area contributed by atoms with Crippen LogP contribution in [0.1, 0.15) is 18.4 Å². The Morgan fingerprint density at radius 3 is 2.53 bits per heavy atom. The molecule has 17 heavy (non-hydrogen) atoms. The molecule has 0 fully saturated rings. The number of nitrogens with two attached hydrogens (primary N) is 1. The second-order valence-electron chi connectivity index (χ2n) is 3.85. The zero-order valence-corrected chi connectivity index (χ0v) is 9.65. The van der Waals surface area contributed by atoms with Crippen molar-refractivity contribution in [3.05, 3.63) is 34.6 Å². The number of rotatable bonds is 4. The van der Waals surface area contributed by atoms with Crippen molar-refractivity contribution in [1.29, 1.82) is 0 Å². The van der Waals surface area contributed by atoms with E-state index in [4.69, 9.17) is 17.3 Å². The van der Waals surface area contributed by atoms with E-state index < -0.39 is 24.5 Å². The SMILES string of the molecule is NC(CCC(F)(F)F)Cc1cc(Cl)ccc1F. The van der Waals surface area contributed by atoms with Gasteiger partial charge in [-0.15, -0.1) is 0 Å². The predicted molar refractivity (Wildman–Crippen MR) is 58.4 cm³/mol. The van der Waals surface area contributed by atoms with Crippen LogP contribution in [0, 0.1) is 5.82 Å². The summed E-state index contributed by atoms with van der Waals surface area (Å²) in [6, 6.07) is 3.20. The summed E-state index contributed by atoms with van der Waals surface area (Å²) in [5.41, 5.74) is 5.76. The van der Waals surface area contributed by atoms with Gasteiger partial charge in [-0.3, -0.25) is 0 Å². The smallest absolute Gasteiger partial charge is 0.327 e. The summed E-state index contributed by atoms with van der Waals surface area (Å²) in [5, 5.41) is 0.337. The first kappa shape index (κ1) is 14.3. The molecule has 0 radical (unpaired) electrons. The zero-order valence-electron chi connectivity index (χ0n) is 8.90. The molecule has 1 aromatic carbocycles. The van der Waals surface area contributed by atoms with E-state index in [1.54, 1.807) is 0 Å². The molecule has 0 bridgehead atoms. The summed E-state index contributed by atoms with van der Waals surface area (Å²) < 4.78 is 49.1. The Hall–Kier alpha value is -0.810. The molecular formula is C11H12ClF4N. The van der Waals surface area contributed by atoms with Crippen LogP contribution in [0.2, 0.25) is 5.02 Å². The highest BCUT2D eigenvalue weighted by Gasteiger charge is 2.27. The van der Waals surface area contributed by atoms with Crippen molar-refractivity contribution in [3.8, 4) is 0 Å². The molecule has 0 heterocycles. The first-order chi connectivity index (χ1) is 7.78. The van der Waals surface area contributed by atoms with E-state index in [9.17, 15) is 17.6 Å². The van der Waals surface area contributed by atoms with Crippen LogP contribution in [0.5, 0.6) is 0 Å². The van der Waals surface area contributed by atoms with Gasteiger partial charge < -0.3 is 5.73 Å². The van der Waals surface area contributed by atoms with Gasteiger partial charge in [0.1, 0.15) is 5.82 Å². The van der Waals surface area contributed by atoms with E-state index in [-0.39, 0.29) is 18.4 Å². The maximum absolute atomic E-state index is 13.3. The fraction of sp³-hybridized carbons (Fsp3) is 0.455. The van der Waals surface area contributed by atoms with Crippen LogP contribution >= 0.6 is 11.6 Å². The summed E-state index contributed by atoms with van der Waals surface area (Å²) in [6.45, 7) is 0. The average Bonchev–Trinajstić information content (AvgIpc) is 2.20. The Balaban J connectivity index is 2.56. The average molecular weight is 270 g/mol. The van der Waals surface area contributed by atoms with Gasteiger partial charge in [0.2, 0.25) is 0 Å². The van der Waals surface area contributed by atoms with Crippen molar-refractivity contribution in [2.45, 2.75) is 31.5 Å². The van der Waals surface area contributed by atoms with E-state index in [0.717, 1.165) is 0 Å². The topological polar surface area (TPSA) is 26.0 Å². The Morgan fingerprint density at radius 2 is 1.94 bits per heavy atom. The molecule has 96 valence electrons. The summed E-state index contributed by atoms with van der Waals surface area (Å²) in [5.74, 6) is -0.503. The van der Waals surface area contributed by atoms with Gasteiger partial charge in [0, 0.05) is 17.5 Å². The van der Waals surface area contributed by atoms with Crippen LogP contribution in [0.3, 0.4) is 0 Å². The van der Waals surface area contributed by atoms with Gasteiger partial charge in [-0.2, -0.15) is 13.2 Å². The Bertz CT molecular complexity index is 378. The Kier molecular flexibility index (Phi) is 4.77. The standard InChI is InChI=1S/C11H12ClF4N/c12-8-1-2-10(13)7(5-8)6-9(17)3-4-11(14,15)16/h1-2,5,9H,3-4,6,17H2. The minimum atomic E-state index is -4.23. The molecule has 0 spiro atoms. The summed E-state index contributed by atoms with van der Waals surface area (Å²) >= 11 is 5.66. The van der Waals surface area contributed by atoms with Crippen LogP contribution in [0.4, 0.5) is 17.6 Å². The van der Waals surface area contributed by atoms with Gasteiger partial charge in [-0.1, -0.05) is 11.6 Å². The minimum absolute atomic E-state index is 0.0441. The van der Waals surface area contributed by atoms with Gasteiger partial charge in [0.05, 0.1) is 0 Å². The van der Waals surface area contributed by atoms with E-state index in [2.05, 4.69) is 0 Å². The lowest BCUT2D eigenvalue weighted by Crippen LogP contribution is -2.25. The molecule has 2 N–H and O–H groups in total.